The molecule has 22 heavy (non-hydrogen) atoms. The fourth-order valence-electron chi connectivity index (χ4n) is 2.84. The lowest BCUT2D eigenvalue weighted by atomic mass is 10.1. The number of pyridine rings is 1. The highest BCUT2D eigenvalue weighted by molar-refractivity contribution is 7.16. The van der Waals surface area contributed by atoms with Crippen LogP contribution in [-0.2, 0) is 0 Å². The number of carbonyl (C=O) groups excluding carboxylic acids is 1. The zero-order valence-electron chi connectivity index (χ0n) is 12.3. The van der Waals surface area contributed by atoms with Crippen LogP contribution in [0, 0.1) is 0 Å². The molecule has 1 aliphatic rings. The lowest BCUT2D eigenvalue weighted by Crippen LogP contribution is -2.40. The van der Waals surface area contributed by atoms with Gasteiger partial charge in [0.05, 0.1) is 16.4 Å². The van der Waals surface area contributed by atoms with Gasteiger partial charge in [0, 0.05) is 23.8 Å². The summed E-state index contributed by atoms with van der Waals surface area (Å²) < 4.78 is 0.743. The van der Waals surface area contributed by atoms with Crippen molar-refractivity contribution in [1.29, 1.82) is 0 Å². The third kappa shape index (κ3) is 3.25. The van der Waals surface area contributed by atoms with Crippen LogP contribution in [0.4, 0.5) is 4.79 Å². The van der Waals surface area contributed by atoms with E-state index in [0.29, 0.717) is 0 Å². The Morgan fingerprint density at radius 3 is 2.86 bits per heavy atom. The van der Waals surface area contributed by atoms with Crippen molar-refractivity contribution < 1.29 is 4.79 Å². The van der Waals surface area contributed by atoms with Crippen LogP contribution in [0.3, 0.4) is 0 Å². The minimum Gasteiger partial charge on any atom is -0.331 e. The molecule has 4 nitrogen and oxygen atoms in total. The number of urea groups is 1. The Balaban J connectivity index is 1.69. The fourth-order valence-corrected chi connectivity index (χ4v) is 3.91. The Bertz CT molecular complexity index is 646. The Morgan fingerprint density at radius 2 is 2.18 bits per heavy atom. The molecule has 1 aliphatic heterocycles. The molecule has 2 amide bonds. The number of hydrogen-bond donors (Lipinski definition) is 1. The van der Waals surface area contributed by atoms with Gasteiger partial charge in [0.2, 0.25) is 0 Å². The van der Waals surface area contributed by atoms with E-state index in [1.165, 1.54) is 11.3 Å². The molecule has 3 rings (SSSR count). The van der Waals surface area contributed by atoms with Crippen molar-refractivity contribution in [2.75, 3.05) is 6.54 Å². The average molecular weight is 336 g/mol. The Morgan fingerprint density at radius 1 is 1.41 bits per heavy atom. The molecule has 2 aromatic heterocycles. The van der Waals surface area contributed by atoms with Crippen LogP contribution in [0.25, 0.3) is 0 Å². The first-order chi connectivity index (χ1) is 10.6. The summed E-state index contributed by atoms with van der Waals surface area (Å²) in [5, 5.41) is 3.07. The first-order valence-corrected chi connectivity index (χ1v) is 8.57. The summed E-state index contributed by atoms with van der Waals surface area (Å²) in [6.45, 7) is 2.77. The van der Waals surface area contributed by atoms with E-state index in [9.17, 15) is 4.79 Å². The summed E-state index contributed by atoms with van der Waals surface area (Å²) in [5.41, 5.74) is 1.15. The van der Waals surface area contributed by atoms with Gasteiger partial charge in [-0.3, -0.25) is 4.98 Å². The van der Waals surface area contributed by atoms with Gasteiger partial charge in [-0.2, -0.15) is 0 Å². The molecule has 1 fully saturated rings. The third-order valence-electron chi connectivity index (χ3n) is 3.97. The Kier molecular flexibility index (Phi) is 4.64. The number of carbonyl (C=O) groups is 1. The maximum atomic E-state index is 12.6. The highest BCUT2D eigenvalue weighted by atomic mass is 35.5. The number of nitrogens with one attached hydrogen (secondary N) is 1. The van der Waals surface area contributed by atoms with E-state index in [0.717, 1.165) is 34.2 Å². The third-order valence-corrected chi connectivity index (χ3v) is 5.38. The number of halogens is 1. The second-order valence-electron chi connectivity index (χ2n) is 5.45. The van der Waals surface area contributed by atoms with Crippen molar-refractivity contribution >= 4 is 29.0 Å². The molecule has 2 aromatic rings. The molecule has 0 aromatic carbocycles. The van der Waals surface area contributed by atoms with Crippen LogP contribution >= 0.6 is 22.9 Å². The monoisotopic (exact) mass is 335 g/mol. The van der Waals surface area contributed by atoms with Crippen LogP contribution in [0.1, 0.15) is 42.3 Å². The molecule has 0 aliphatic carbocycles. The molecule has 116 valence electrons. The van der Waals surface area contributed by atoms with Crippen LogP contribution in [0.5, 0.6) is 0 Å². The van der Waals surface area contributed by atoms with E-state index in [2.05, 4.69) is 10.3 Å². The molecule has 0 radical (unpaired) electrons. The maximum absolute atomic E-state index is 12.6. The number of rotatable bonds is 3. The smallest absolute Gasteiger partial charge is 0.318 e. The lowest BCUT2D eigenvalue weighted by molar-refractivity contribution is 0.190. The second kappa shape index (κ2) is 6.67. The minimum absolute atomic E-state index is 0.0173. The van der Waals surface area contributed by atoms with Crippen LogP contribution in [0.2, 0.25) is 4.34 Å². The van der Waals surface area contributed by atoms with Gasteiger partial charge >= 0.3 is 6.03 Å². The lowest BCUT2D eigenvalue weighted by Gasteiger charge is -2.26. The number of likely N-dealkylation sites (tertiary alicyclic amines) is 1. The van der Waals surface area contributed by atoms with Crippen molar-refractivity contribution in [1.82, 2.24) is 15.2 Å². The molecule has 3 heterocycles. The van der Waals surface area contributed by atoms with Gasteiger partial charge in [0.15, 0.2) is 0 Å². The summed E-state index contributed by atoms with van der Waals surface area (Å²) in [6, 6.07) is 7.88. The topological polar surface area (TPSA) is 45.2 Å². The van der Waals surface area contributed by atoms with Gasteiger partial charge < -0.3 is 10.2 Å². The van der Waals surface area contributed by atoms with Crippen LogP contribution < -0.4 is 5.32 Å². The Labute approximate surface area is 139 Å². The number of thiophene rings is 1. The summed E-state index contributed by atoms with van der Waals surface area (Å²) in [5.74, 6) is 0. The van der Waals surface area contributed by atoms with Gasteiger partial charge in [0.25, 0.3) is 0 Å². The Hall–Kier alpha value is -1.59. The van der Waals surface area contributed by atoms with Crippen molar-refractivity contribution in [2.24, 2.45) is 0 Å². The zero-order valence-corrected chi connectivity index (χ0v) is 13.9. The van der Waals surface area contributed by atoms with Gasteiger partial charge in [-0.15, -0.1) is 11.3 Å². The second-order valence-corrected chi connectivity index (χ2v) is 7.19. The SMILES string of the molecule is C[C@@H](NC(=O)N1CCC[C@@H]1c1ccncc1)c1ccc(Cl)s1. The summed E-state index contributed by atoms with van der Waals surface area (Å²) in [6.07, 6.45) is 5.58. The molecule has 6 heteroatoms. The van der Waals surface area contributed by atoms with E-state index in [1.807, 2.05) is 36.1 Å². The van der Waals surface area contributed by atoms with Gasteiger partial charge in [0.1, 0.15) is 0 Å². The van der Waals surface area contributed by atoms with E-state index in [4.69, 9.17) is 11.6 Å². The normalized spacial score (nSPS) is 19.2. The fraction of sp³-hybridized carbons (Fsp3) is 0.375. The molecule has 0 saturated carbocycles. The van der Waals surface area contributed by atoms with E-state index in [-0.39, 0.29) is 18.1 Å². The average Bonchev–Trinajstić information content (AvgIpc) is 3.16. The van der Waals surface area contributed by atoms with Crippen molar-refractivity contribution in [3.63, 3.8) is 0 Å². The van der Waals surface area contributed by atoms with Gasteiger partial charge in [-0.25, -0.2) is 4.79 Å². The molecule has 1 saturated heterocycles. The molecule has 0 spiro atoms. The first-order valence-electron chi connectivity index (χ1n) is 7.37. The largest absolute Gasteiger partial charge is 0.331 e. The van der Waals surface area contributed by atoms with Gasteiger partial charge in [-0.1, -0.05) is 11.6 Å². The summed E-state index contributed by atoms with van der Waals surface area (Å²) in [4.78, 5) is 19.6. The molecule has 0 bridgehead atoms. The van der Waals surface area contributed by atoms with Crippen LogP contribution in [-0.4, -0.2) is 22.5 Å². The summed E-state index contributed by atoms with van der Waals surface area (Å²) >= 11 is 7.46. The quantitative estimate of drug-likeness (QED) is 0.903. The van der Waals surface area contributed by atoms with Crippen molar-refractivity contribution in [2.45, 2.75) is 31.8 Å². The van der Waals surface area contributed by atoms with E-state index < -0.39 is 0 Å². The maximum Gasteiger partial charge on any atom is 0.318 e. The number of hydrogen-bond acceptors (Lipinski definition) is 3. The summed E-state index contributed by atoms with van der Waals surface area (Å²) in [7, 11) is 0. The predicted octanol–water partition coefficient (Wildman–Crippen LogP) is 4.40. The standard InChI is InChI=1S/C16H18ClN3OS/c1-11(14-4-5-15(17)22-14)19-16(21)20-10-2-3-13(20)12-6-8-18-9-7-12/h4-9,11,13H,2-3,10H2,1H3,(H,19,21)/t11-,13-/m1/s1. The van der Waals surface area contributed by atoms with Crippen molar-refractivity contribution in [3.05, 3.63) is 51.4 Å². The molecule has 0 unspecified atom stereocenters. The number of amides is 2. The zero-order chi connectivity index (χ0) is 15.5. The van der Waals surface area contributed by atoms with Gasteiger partial charge in [-0.05, 0) is 49.6 Å². The first kappa shape index (κ1) is 15.3. The van der Waals surface area contributed by atoms with Crippen LogP contribution in [0.15, 0.2) is 36.7 Å². The van der Waals surface area contributed by atoms with E-state index >= 15 is 0 Å². The number of nitrogens with zero attached hydrogens (tertiary/aromatic N) is 2. The predicted molar refractivity (Wildman–Crippen MR) is 89.2 cm³/mol. The molecular weight excluding hydrogens is 318 g/mol. The highest BCUT2D eigenvalue weighted by Gasteiger charge is 2.30. The molecule has 2 atom stereocenters. The minimum atomic E-state index is -0.0382. The number of aromatic nitrogens is 1. The van der Waals surface area contributed by atoms with E-state index in [1.54, 1.807) is 12.4 Å². The molecule has 1 N–H and O–H groups in total. The highest BCUT2D eigenvalue weighted by Crippen LogP contribution is 2.32. The molecular formula is C16H18ClN3OS. The van der Waals surface area contributed by atoms with Crippen molar-refractivity contribution in [3.8, 4) is 0 Å².